The van der Waals surface area contributed by atoms with Crippen LogP contribution < -0.4 is 9.47 Å². The number of rotatable bonds is 8. The van der Waals surface area contributed by atoms with Gasteiger partial charge in [-0.25, -0.2) is 0 Å². The standard InChI is InChI=1S/C33H44O8/c1-16-18(3)32-26(20(5)30(16)36)13-24(22(7)40-32)9-11-38-28(34)15-29(35)39-12-10-25-14-27-21(6)31(37)17(2)19(4)33(27)41-23(25)8/h22-25,36-37H,9-15H2,1-8H3. The Morgan fingerprint density at radius 1 is 0.659 bits per heavy atom. The van der Waals surface area contributed by atoms with Crippen LogP contribution >= 0.6 is 0 Å². The zero-order chi connectivity index (χ0) is 30.2. The summed E-state index contributed by atoms with van der Waals surface area (Å²) in [7, 11) is 0. The summed E-state index contributed by atoms with van der Waals surface area (Å²) in [4.78, 5) is 24.6. The number of phenolic OH excluding ortho intramolecular Hbond substituents is 2. The third kappa shape index (κ3) is 6.11. The van der Waals surface area contributed by atoms with Crippen LogP contribution in [0.2, 0.25) is 0 Å². The van der Waals surface area contributed by atoms with Crippen LogP contribution in [0.15, 0.2) is 0 Å². The molecule has 0 saturated heterocycles. The summed E-state index contributed by atoms with van der Waals surface area (Å²) in [5, 5.41) is 20.9. The summed E-state index contributed by atoms with van der Waals surface area (Å²) in [5.74, 6) is 1.31. The maximum absolute atomic E-state index is 12.3. The number of ether oxygens (including phenoxy) is 4. The molecule has 4 rings (SSSR count). The number of hydrogen-bond donors (Lipinski definition) is 2. The Morgan fingerprint density at radius 3 is 1.39 bits per heavy atom. The van der Waals surface area contributed by atoms with Gasteiger partial charge in [0.15, 0.2) is 0 Å². The van der Waals surface area contributed by atoms with Crippen molar-refractivity contribution in [3.63, 3.8) is 0 Å². The Labute approximate surface area is 243 Å². The zero-order valence-corrected chi connectivity index (χ0v) is 25.6. The van der Waals surface area contributed by atoms with Gasteiger partial charge in [0, 0.05) is 23.0 Å². The van der Waals surface area contributed by atoms with Crippen LogP contribution in [-0.2, 0) is 31.9 Å². The van der Waals surface area contributed by atoms with Crippen LogP contribution in [0.5, 0.6) is 23.0 Å². The lowest BCUT2D eigenvalue weighted by Crippen LogP contribution is -2.33. The van der Waals surface area contributed by atoms with Gasteiger partial charge in [0.25, 0.3) is 0 Å². The third-order valence-corrected chi connectivity index (χ3v) is 9.34. The van der Waals surface area contributed by atoms with Crippen molar-refractivity contribution in [2.45, 2.75) is 99.7 Å². The highest BCUT2D eigenvalue weighted by Gasteiger charge is 2.32. The van der Waals surface area contributed by atoms with Crippen LogP contribution in [0.4, 0.5) is 0 Å². The first-order valence-electron chi connectivity index (χ1n) is 14.6. The molecule has 0 spiro atoms. The molecule has 224 valence electrons. The van der Waals surface area contributed by atoms with Gasteiger partial charge in [-0.15, -0.1) is 0 Å². The molecule has 2 N–H and O–H groups in total. The van der Waals surface area contributed by atoms with Crippen LogP contribution in [-0.4, -0.2) is 47.6 Å². The molecular weight excluding hydrogens is 524 g/mol. The molecule has 8 heteroatoms. The van der Waals surface area contributed by atoms with Crippen molar-refractivity contribution in [1.29, 1.82) is 0 Å². The average Bonchev–Trinajstić information content (AvgIpc) is 2.93. The molecule has 4 atom stereocenters. The zero-order valence-electron chi connectivity index (χ0n) is 25.6. The average molecular weight is 569 g/mol. The summed E-state index contributed by atoms with van der Waals surface area (Å²) >= 11 is 0. The van der Waals surface area contributed by atoms with E-state index in [9.17, 15) is 19.8 Å². The SMILES string of the molecule is Cc1c(C)c2c(c(C)c1O)CC(CCOC(=O)CC(=O)OCCC1Cc3c(C)c(O)c(C)c(C)c3OC1C)C(C)O2. The Balaban J connectivity index is 1.21. The molecule has 0 saturated carbocycles. The molecule has 0 aromatic heterocycles. The van der Waals surface area contributed by atoms with Gasteiger partial charge < -0.3 is 29.2 Å². The highest BCUT2D eigenvalue weighted by Crippen LogP contribution is 2.44. The minimum Gasteiger partial charge on any atom is -0.507 e. The van der Waals surface area contributed by atoms with Gasteiger partial charge in [-0.2, -0.15) is 0 Å². The fraction of sp³-hybridized carbons (Fsp3) is 0.576. The maximum atomic E-state index is 12.3. The summed E-state index contributed by atoms with van der Waals surface area (Å²) in [6.45, 7) is 15.9. The molecule has 41 heavy (non-hydrogen) atoms. The van der Waals surface area contributed by atoms with Crippen molar-refractivity contribution >= 4 is 11.9 Å². The van der Waals surface area contributed by atoms with E-state index in [-0.39, 0.29) is 37.3 Å². The summed E-state index contributed by atoms with van der Waals surface area (Å²) < 4.78 is 23.1. The van der Waals surface area contributed by atoms with Crippen molar-refractivity contribution in [2.75, 3.05) is 13.2 Å². The predicted octanol–water partition coefficient (Wildman–Crippen LogP) is 5.78. The molecule has 8 nitrogen and oxygen atoms in total. The first-order valence-corrected chi connectivity index (χ1v) is 14.6. The van der Waals surface area contributed by atoms with Gasteiger partial charge in [-0.1, -0.05) is 0 Å². The number of benzene rings is 2. The Hall–Kier alpha value is -3.42. The van der Waals surface area contributed by atoms with E-state index >= 15 is 0 Å². The largest absolute Gasteiger partial charge is 0.507 e. The minimum absolute atomic E-state index is 0.0629. The fourth-order valence-corrected chi connectivity index (χ4v) is 6.11. The number of carbonyl (C=O) groups is 2. The molecular formula is C33H44O8. The summed E-state index contributed by atoms with van der Waals surface area (Å²) in [6.07, 6.45) is 2.06. The molecule has 4 unspecified atom stereocenters. The number of phenols is 2. The van der Waals surface area contributed by atoms with E-state index in [1.54, 1.807) is 0 Å². The lowest BCUT2D eigenvalue weighted by molar-refractivity contribution is -0.155. The van der Waals surface area contributed by atoms with Crippen LogP contribution in [0.3, 0.4) is 0 Å². The van der Waals surface area contributed by atoms with Gasteiger partial charge in [0.2, 0.25) is 0 Å². The highest BCUT2D eigenvalue weighted by molar-refractivity contribution is 5.91. The molecule has 2 heterocycles. The first-order chi connectivity index (χ1) is 19.3. The lowest BCUT2D eigenvalue weighted by Gasteiger charge is -2.34. The molecule has 2 aliphatic rings. The number of esters is 2. The van der Waals surface area contributed by atoms with E-state index in [4.69, 9.17) is 18.9 Å². The molecule has 0 fully saturated rings. The van der Waals surface area contributed by atoms with Gasteiger partial charge in [-0.3, -0.25) is 9.59 Å². The maximum Gasteiger partial charge on any atom is 0.317 e. The second-order valence-corrected chi connectivity index (χ2v) is 11.8. The van der Waals surface area contributed by atoms with Gasteiger partial charge in [-0.05, 0) is 114 Å². The molecule has 2 aliphatic heterocycles. The van der Waals surface area contributed by atoms with E-state index in [1.165, 1.54) is 0 Å². The van der Waals surface area contributed by atoms with Crippen molar-refractivity contribution in [3.8, 4) is 23.0 Å². The Bertz CT molecular complexity index is 1240. The second-order valence-electron chi connectivity index (χ2n) is 11.8. The van der Waals surface area contributed by atoms with Crippen molar-refractivity contribution in [1.82, 2.24) is 0 Å². The van der Waals surface area contributed by atoms with E-state index in [0.29, 0.717) is 24.3 Å². The molecule has 2 aromatic carbocycles. The van der Waals surface area contributed by atoms with E-state index in [2.05, 4.69) is 0 Å². The minimum atomic E-state index is -0.611. The molecule has 0 aliphatic carbocycles. The molecule has 0 bridgehead atoms. The fourth-order valence-electron chi connectivity index (χ4n) is 6.11. The van der Waals surface area contributed by atoms with Crippen molar-refractivity contribution in [3.05, 3.63) is 44.5 Å². The second kappa shape index (κ2) is 12.2. The van der Waals surface area contributed by atoms with Crippen LogP contribution in [0.1, 0.15) is 77.6 Å². The van der Waals surface area contributed by atoms with Crippen LogP contribution in [0, 0.1) is 53.4 Å². The predicted molar refractivity (Wildman–Crippen MR) is 155 cm³/mol. The van der Waals surface area contributed by atoms with Gasteiger partial charge in [0.1, 0.15) is 29.4 Å². The number of fused-ring (bicyclic) bond motifs is 2. The smallest absolute Gasteiger partial charge is 0.317 e. The summed E-state index contributed by atoms with van der Waals surface area (Å²) in [5.41, 5.74) is 7.24. The van der Waals surface area contributed by atoms with Gasteiger partial charge in [0.05, 0.1) is 25.4 Å². The molecule has 0 radical (unpaired) electrons. The highest BCUT2D eigenvalue weighted by atomic mass is 16.6. The molecule has 2 aromatic rings. The molecule has 0 amide bonds. The lowest BCUT2D eigenvalue weighted by atomic mass is 9.84. The van der Waals surface area contributed by atoms with Crippen molar-refractivity contribution in [2.24, 2.45) is 11.8 Å². The number of carbonyl (C=O) groups excluding carboxylic acids is 2. The quantitative estimate of drug-likeness (QED) is 0.304. The monoisotopic (exact) mass is 568 g/mol. The third-order valence-electron chi connectivity index (χ3n) is 9.34. The Kier molecular flexibility index (Phi) is 9.10. The van der Waals surface area contributed by atoms with E-state index in [0.717, 1.165) is 68.8 Å². The number of hydrogen-bond acceptors (Lipinski definition) is 8. The first kappa shape index (κ1) is 30.5. The number of aromatic hydroxyl groups is 2. The normalized spacial score (nSPS) is 21.3. The van der Waals surface area contributed by atoms with E-state index < -0.39 is 18.4 Å². The topological polar surface area (TPSA) is 112 Å². The van der Waals surface area contributed by atoms with E-state index in [1.807, 2.05) is 55.4 Å². The Morgan fingerprint density at radius 2 is 1.02 bits per heavy atom. The van der Waals surface area contributed by atoms with Crippen LogP contribution in [0.25, 0.3) is 0 Å². The summed E-state index contributed by atoms with van der Waals surface area (Å²) in [6, 6.07) is 0. The van der Waals surface area contributed by atoms with Crippen molar-refractivity contribution < 1.29 is 38.7 Å². The van der Waals surface area contributed by atoms with Gasteiger partial charge >= 0.3 is 11.9 Å².